The number of rotatable bonds is 6. The zero-order valence-corrected chi connectivity index (χ0v) is 30.9. The maximum atomic E-state index is 2.51. The smallest absolute Gasteiger partial charge is 0.0540 e. The highest BCUT2D eigenvalue weighted by atomic mass is 15.1. The lowest BCUT2D eigenvalue weighted by molar-refractivity contribution is 0.660. The molecule has 0 bridgehead atoms. The van der Waals surface area contributed by atoms with Crippen molar-refractivity contribution in [2.75, 3.05) is 4.90 Å². The highest BCUT2D eigenvalue weighted by Gasteiger charge is 2.35. The highest BCUT2D eigenvalue weighted by Crippen LogP contribution is 2.50. The Kier molecular flexibility index (Phi) is 7.56. The van der Waals surface area contributed by atoms with E-state index in [0.717, 1.165) is 11.4 Å². The zero-order valence-electron chi connectivity index (χ0n) is 30.9. The van der Waals surface area contributed by atoms with Crippen molar-refractivity contribution in [3.8, 4) is 27.9 Å². The molecule has 8 aromatic rings. The van der Waals surface area contributed by atoms with E-state index < -0.39 is 0 Å². The fraction of sp³-hybridized carbons (Fsp3) is 0.115. The van der Waals surface area contributed by atoms with Crippen molar-refractivity contribution in [3.63, 3.8) is 0 Å². The van der Waals surface area contributed by atoms with Crippen molar-refractivity contribution in [3.05, 3.63) is 203 Å². The van der Waals surface area contributed by atoms with Gasteiger partial charge in [-0.15, -0.1) is 0 Å². The van der Waals surface area contributed by atoms with Crippen LogP contribution in [0.2, 0.25) is 0 Å². The molecule has 7 aromatic carbocycles. The summed E-state index contributed by atoms with van der Waals surface area (Å²) in [6.07, 6.45) is 4.99. The molecule has 54 heavy (non-hydrogen) atoms. The van der Waals surface area contributed by atoms with Crippen LogP contribution in [0.4, 0.5) is 17.1 Å². The molecule has 2 aliphatic rings. The molecule has 0 saturated carbocycles. The molecule has 260 valence electrons. The van der Waals surface area contributed by atoms with Gasteiger partial charge in [0, 0.05) is 44.7 Å². The van der Waals surface area contributed by atoms with Crippen LogP contribution in [-0.2, 0) is 5.41 Å². The second-order valence-corrected chi connectivity index (χ2v) is 15.4. The Labute approximate surface area is 317 Å². The molecule has 2 unspecified atom stereocenters. The van der Waals surface area contributed by atoms with Gasteiger partial charge in [0.05, 0.1) is 10.9 Å². The quantitative estimate of drug-likeness (QED) is 0.168. The van der Waals surface area contributed by atoms with Crippen LogP contribution in [-0.4, -0.2) is 4.57 Å². The number of para-hydroxylation sites is 2. The third kappa shape index (κ3) is 5.16. The van der Waals surface area contributed by atoms with E-state index in [2.05, 4.69) is 218 Å². The van der Waals surface area contributed by atoms with E-state index >= 15 is 0 Å². The average molecular weight is 695 g/mol. The first-order chi connectivity index (χ1) is 26.5. The predicted octanol–water partition coefficient (Wildman–Crippen LogP) is 12.1. The predicted molar refractivity (Wildman–Crippen MR) is 227 cm³/mol. The largest absolute Gasteiger partial charge is 0.310 e. The van der Waals surface area contributed by atoms with Gasteiger partial charge >= 0.3 is 0 Å². The zero-order chi connectivity index (χ0) is 36.4. The van der Waals surface area contributed by atoms with Crippen LogP contribution in [0.5, 0.6) is 0 Å². The molecule has 0 aliphatic heterocycles. The molecule has 2 heteroatoms. The van der Waals surface area contributed by atoms with Crippen molar-refractivity contribution in [2.24, 2.45) is 5.92 Å². The fourth-order valence-corrected chi connectivity index (χ4v) is 9.12. The summed E-state index contributed by atoms with van der Waals surface area (Å²) in [5.41, 5.74) is 15.0. The second kappa shape index (κ2) is 12.6. The third-order valence-electron chi connectivity index (χ3n) is 11.9. The molecule has 0 spiro atoms. The Bertz CT molecular complexity index is 2790. The van der Waals surface area contributed by atoms with Crippen molar-refractivity contribution < 1.29 is 0 Å². The van der Waals surface area contributed by atoms with E-state index in [1.54, 1.807) is 0 Å². The summed E-state index contributed by atoms with van der Waals surface area (Å²) in [6, 6.07) is 64.5. The minimum Gasteiger partial charge on any atom is -0.310 e. The fourth-order valence-electron chi connectivity index (χ4n) is 9.12. The van der Waals surface area contributed by atoms with Crippen LogP contribution >= 0.6 is 0 Å². The van der Waals surface area contributed by atoms with Gasteiger partial charge in [-0.1, -0.05) is 154 Å². The summed E-state index contributed by atoms with van der Waals surface area (Å²) in [5.74, 6) is 0.594. The number of benzene rings is 7. The average Bonchev–Trinajstić information content (AvgIpc) is 3.66. The van der Waals surface area contributed by atoms with Gasteiger partial charge in [0.1, 0.15) is 0 Å². The lowest BCUT2D eigenvalue weighted by Crippen LogP contribution is -2.34. The summed E-state index contributed by atoms with van der Waals surface area (Å²) < 4.78 is 2.42. The molecule has 2 aliphatic carbocycles. The van der Waals surface area contributed by atoms with Gasteiger partial charge < -0.3 is 9.47 Å². The lowest BCUT2D eigenvalue weighted by Gasteiger charge is -2.29. The van der Waals surface area contributed by atoms with E-state index in [4.69, 9.17) is 0 Å². The summed E-state index contributed by atoms with van der Waals surface area (Å²) in [7, 11) is 0. The molecule has 0 fully saturated rings. The van der Waals surface area contributed by atoms with Crippen LogP contribution in [0, 0.1) is 5.92 Å². The van der Waals surface area contributed by atoms with Crippen molar-refractivity contribution in [1.29, 1.82) is 0 Å². The normalized spacial score (nSPS) is 16.5. The number of aromatic nitrogens is 1. The van der Waals surface area contributed by atoms with Crippen molar-refractivity contribution in [2.45, 2.75) is 32.1 Å². The Balaban J connectivity index is 1.07. The van der Waals surface area contributed by atoms with E-state index in [0.29, 0.717) is 5.92 Å². The molecule has 0 saturated heterocycles. The van der Waals surface area contributed by atoms with Crippen LogP contribution < -0.4 is 15.5 Å². The third-order valence-corrected chi connectivity index (χ3v) is 11.9. The van der Waals surface area contributed by atoms with E-state index in [1.165, 1.54) is 71.8 Å². The molecular formula is C52H42N2. The van der Waals surface area contributed by atoms with Crippen molar-refractivity contribution in [1.82, 2.24) is 4.57 Å². The first-order valence-corrected chi connectivity index (χ1v) is 19.1. The van der Waals surface area contributed by atoms with E-state index in [-0.39, 0.29) is 11.3 Å². The standard InChI is InChI=1S/C52H42N2/c1-35-32-51-47(45-19-11-13-21-50(45)54(51)39-16-8-5-9-17-39)34-46(35)38-24-28-41(29-25-38)53(40-26-22-37(23-27-40)36-14-6-4-7-15-36)42-30-31-44-43-18-10-12-20-48(43)52(2,3)49(44)33-42/h4-35,46H,1-3H3. The van der Waals surface area contributed by atoms with Gasteiger partial charge in [-0.25, -0.2) is 0 Å². The minimum atomic E-state index is -0.0828. The number of hydrogen-bond donors (Lipinski definition) is 0. The minimum absolute atomic E-state index is 0.0828. The van der Waals surface area contributed by atoms with Gasteiger partial charge in [-0.05, 0) is 99.5 Å². The number of fused-ring (bicyclic) bond motifs is 6. The highest BCUT2D eigenvalue weighted by molar-refractivity contribution is 5.87. The van der Waals surface area contributed by atoms with Crippen LogP contribution in [0.15, 0.2) is 176 Å². The monoisotopic (exact) mass is 694 g/mol. The topological polar surface area (TPSA) is 8.17 Å². The number of hydrogen-bond acceptors (Lipinski definition) is 1. The van der Waals surface area contributed by atoms with Crippen molar-refractivity contribution >= 4 is 40.1 Å². The molecular weight excluding hydrogens is 653 g/mol. The molecule has 10 rings (SSSR count). The van der Waals surface area contributed by atoms with Crippen LogP contribution in [0.3, 0.4) is 0 Å². The van der Waals surface area contributed by atoms with Gasteiger partial charge in [0.2, 0.25) is 0 Å². The van der Waals surface area contributed by atoms with Gasteiger partial charge in [-0.3, -0.25) is 0 Å². The van der Waals surface area contributed by atoms with Crippen LogP contribution in [0.1, 0.15) is 43.4 Å². The Hall–Kier alpha value is -6.38. The summed E-state index contributed by atoms with van der Waals surface area (Å²) >= 11 is 0. The maximum Gasteiger partial charge on any atom is 0.0540 e. The molecule has 0 radical (unpaired) electrons. The Morgan fingerprint density at radius 2 is 1.11 bits per heavy atom. The molecule has 1 heterocycles. The summed E-state index contributed by atoms with van der Waals surface area (Å²) in [5, 5.41) is 3.91. The first kappa shape index (κ1) is 32.3. The van der Waals surface area contributed by atoms with Gasteiger partial charge in [0.15, 0.2) is 0 Å². The Morgan fingerprint density at radius 3 is 1.87 bits per heavy atom. The van der Waals surface area contributed by atoms with Crippen LogP contribution in [0.25, 0.3) is 51.0 Å². The summed E-state index contributed by atoms with van der Waals surface area (Å²) in [4.78, 5) is 2.42. The maximum absolute atomic E-state index is 2.51. The molecule has 0 amide bonds. The van der Waals surface area contributed by atoms with Gasteiger partial charge in [-0.2, -0.15) is 0 Å². The van der Waals surface area contributed by atoms with E-state index in [9.17, 15) is 0 Å². The molecule has 0 N–H and O–H groups in total. The second-order valence-electron chi connectivity index (χ2n) is 15.4. The molecule has 2 atom stereocenters. The lowest BCUT2D eigenvalue weighted by atomic mass is 9.82. The Morgan fingerprint density at radius 1 is 0.519 bits per heavy atom. The number of anilines is 3. The summed E-state index contributed by atoms with van der Waals surface area (Å²) in [6.45, 7) is 7.07. The SMILES string of the molecule is CC1C=c2c(c3ccccc3n2-c2ccccc2)=CC1c1ccc(N(c2ccc(-c3ccccc3)cc2)c2ccc3c(c2)C(C)(C)c2ccccc2-3)cc1. The van der Waals surface area contributed by atoms with E-state index in [1.807, 2.05) is 0 Å². The number of nitrogens with zero attached hydrogens (tertiary/aromatic N) is 2. The molecule has 2 nitrogen and oxygen atoms in total. The van der Waals surface area contributed by atoms with Gasteiger partial charge in [0.25, 0.3) is 0 Å². The first-order valence-electron chi connectivity index (χ1n) is 19.1. The molecule has 1 aromatic heterocycles.